The first kappa shape index (κ1) is 13.6. The summed E-state index contributed by atoms with van der Waals surface area (Å²) in [5.41, 5.74) is 2.28. The Balaban J connectivity index is 1.63. The zero-order valence-corrected chi connectivity index (χ0v) is 12.4. The van der Waals surface area contributed by atoms with E-state index in [0.717, 1.165) is 25.0 Å². The minimum atomic E-state index is -0.417. The molecular formula is C14H14N4O3S. The average molecular weight is 318 g/mol. The molecule has 2 bridgehead atoms. The SMILES string of the molecule is O=[N+]([O-])c1ccc2nc(S[C@H]3/C(=N/O)[C@H]4CC[C@@H]3C4)[nH]c2c1. The topological polar surface area (TPSA) is 104 Å². The van der Waals surface area contributed by atoms with Crippen LogP contribution < -0.4 is 0 Å². The Morgan fingerprint density at radius 3 is 3.09 bits per heavy atom. The number of non-ortho nitro benzene ring substituents is 1. The summed E-state index contributed by atoms with van der Waals surface area (Å²) >= 11 is 1.56. The molecular weight excluding hydrogens is 304 g/mol. The van der Waals surface area contributed by atoms with Crippen LogP contribution in [0.15, 0.2) is 28.5 Å². The maximum absolute atomic E-state index is 10.8. The van der Waals surface area contributed by atoms with Gasteiger partial charge in [0.05, 0.1) is 26.9 Å². The lowest BCUT2D eigenvalue weighted by atomic mass is 9.98. The van der Waals surface area contributed by atoms with E-state index >= 15 is 0 Å². The Labute approximate surface area is 130 Å². The van der Waals surface area contributed by atoms with Gasteiger partial charge in [-0.2, -0.15) is 0 Å². The fourth-order valence-corrected chi connectivity index (χ4v) is 4.95. The van der Waals surface area contributed by atoms with Crippen molar-refractivity contribution in [3.8, 4) is 0 Å². The number of nitrogens with one attached hydrogen (secondary N) is 1. The van der Waals surface area contributed by atoms with Gasteiger partial charge in [-0.05, 0) is 31.2 Å². The number of nitro benzene ring substituents is 1. The van der Waals surface area contributed by atoms with Gasteiger partial charge >= 0.3 is 0 Å². The van der Waals surface area contributed by atoms with E-state index in [2.05, 4.69) is 15.1 Å². The highest BCUT2D eigenvalue weighted by Gasteiger charge is 2.46. The molecule has 0 amide bonds. The third kappa shape index (κ3) is 2.06. The predicted octanol–water partition coefficient (Wildman–Crippen LogP) is 3.19. The maximum atomic E-state index is 10.8. The number of oxime groups is 1. The average Bonchev–Trinajstić information content (AvgIpc) is 3.19. The number of nitro groups is 1. The molecule has 2 aromatic rings. The standard InChI is InChI=1S/C14H14N4O3S/c19-17-12-7-1-2-8(5-7)13(12)22-14-15-10-4-3-9(18(20)21)6-11(10)16-14/h3-4,6-8,13,19H,1-2,5H2,(H,15,16)/b17-12+/t7-,8+,13+/m0/s1. The molecule has 4 rings (SSSR count). The van der Waals surface area contributed by atoms with Gasteiger partial charge in [-0.3, -0.25) is 10.1 Å². The number of nitrogens with zero attached hydrogens (tertiary/aromatic N) is 3. The van der Waals surface area contributed by atoms with Gasteiger partial charge < -0.3 is 10.2 Å². The smallest absolute Gasteiger partial charge is 0.271 e. The van der Waals surface area contributed by atoms with Gasteiger partial charge in [-0.1, -0.05) is 16.9 Å². The molecule has 1 aromatic carbocycles. The van der Waals surface area contributed by atoms with Crippen molar-refractivity contribution in [1.29, 1.82) is 0 Å². The van der Waals surface area contributed by atoms with Crippen LogP contribution in [0.4, 0.5) is 5.69 Å². The summed E-state index contributed by atoms with van der Waals surface area (Å²) < 4.78 is 0. The van der Waals surface area contributed by atoms with E-state index in [1.54, 1.807) is 17.8 Å². The lowest BCUT2D eigenvalue weighted by molar-refractivity contribution is -0.384. The van der Waals surface area contributed by atoms with E-state index in [4.69, 9.17) is 0 Å². The molecule has 1 heterocycles. The van der Waals surface area contributed by atoms with Crippen molar-refractivity contribution in [3.05, 3.63) is 28.3 Å². The zero-order valence-electron chi connectivity index (χ0n) is 11.6. The van der Waals surface area contributed by atoms with E-state index < -0.39 is 4.92 Å². The van der Waals surface area contributed by atoms with E-state index in [9.17, 15) is 15.3 Å². The third-order valence-corrected chi connectivity index (χ3v) is 5.92. The van der Waals surface area contributed by atoms with E-state index in [0.29, 0.717) is 28.0 Å². The van der Waals surface area contributed by atoms with Crippen molar-refractivity contribution in [3.63, 3.8) is 0 Å². The number of hydrogen-bond acceptors (Lipinski definition) is 6. The summed E-state index contributed by atoms with van der Waals surface area (Å²) in [6, 6.07) is 4.60. The second-order valence-corrected chi connectivity index (χ2v) is 6.96. The van der Waals surface area contributed by atoms with Crippen LogP contribution in [0.1, 0.15) is 19.3 Å². The summed E-state index contributed by atoms with van der Waals surface area (Å²) in [4.78, 5) is 18.0. The Hall–Kier alpha value is -2.09. The monoisotopic (exact) mass is 318 g/mol. The van der Waals surface area contributed by atoms with Gasteiger partial charge in [0.15, 0.2) is 5.16 Å². The molecule has 2 fully saturated rings. The molecule has 2 aliphatic rings. The van der Waals surface area contributed by atoms with E-state index in [1.165, 1.54) is 12.1 Å². The second kappa shape index (κ2) is 4.98. The summed E-state index contributed by atoms with van der Waals surface area (Å²) in [7, 11) is 0. The molecule has 0 unspecified atom stereocenters. The molecule has 0 radical (unpaired) electrons. The van der Waals surface area contributed by atoms with Crippen LogP contribution in [0.5, 0.6) is 0 Å². The van der Waals surface area contributed by atoms with Crippen molar-refractivity contribution in [2.45, 2.75) is 29.7 Å². The molecule has 22 heavy (non-hydrogen) atoms. The number of fused-ring (bicyclic) bond motifs is 3. The zero-order chi connectivity index (χ0) is 15.3. The van der Waals surface area contributed by atoms with Crippen LogP contribution in [0, 0.1) is 22.0 Å². The van der Waals surface area contributed by atoms with Crippen LogP contribution in [-0.4, -0.2) is 31.1 Å². The summed E-state index contributed by atoms with van der Waals surface area (Å²) in [6.45, 7) is 0. The molecule has 2 aliphatic carbocycles. The maximum Gasteiger partial charge on any atom is 0.271 e. The van der Waals surface area contributed by atoms with Crippen molar-refractivity contribution in [1.82, 2.24) is 9.97 Å². The van der Waals surface area contributed by atoms with Gasteiger partial charge in [-0.25, -0.2) is 4.98 Å². The Bertz CT molecular complexity index is 787. The van der Waals surface area contributed by atoms with Crippen LogP contribution in [-0.2, 0) is 0 Å². The van der Waals surface area contributed by atoms with Crippen molar-refractivity contribution >= 4 is 34.2 Å². The summed E-state index contributed by atoms with van der Waals surface area (Å²) in [6.07, 6.45) is 3.35. The van der Waals surface area contributed by atoms with Gasteiger partial charge in [0.25, 0.3) is 5.69 Å². The fraction of sp³-hybridized carbons (Fsp3) is 0.429. The lowest BCUT2D eigenvalue weighted by Gasteiger charge is -2.20. The molecule has 114 valence electrons. The Morgan fingerprint density at radius 2 is 2.32 bits per heavy atom. The third-order valence-electron chi connectivity index (χ3n) is 4.62. The highest BCUT2D eigenvalue weighted by atomic mass is 32.2. The molecule has 0 spiro atoms. The van der Waals surface area contributed by atoms with Crippen LogP contribution in [0.2, 0.25) is 0 Å². The Morgan fingerprint density at radius 1 is 1.45 bits per heavy atom. The van der Waals surface area contributed by atoms with Crippen molar-refractivity contribution in [2.75, 3.05) is 0 Å². The normalized spacial score (nSPS) is 28.7. The molecule has 7 nitrogen and oxygen atoms in total. The number of aromatic nitrogens is 2. The van der Waals surface area contributed by atoms with Crippen LogP contribution >= 0.6 is 11.8 Å². The first-order valence-corrected chi connectivity index (χ1v) is 8.06. The second-order valence-electron chi connectivity index (χ2n) is 5.83. The fourth-order valence-electron chi connectivity index (χ4n) is 3.59. The van der Waals surface area contributed by atoms with E-state index in [-0.39, 0.29) is 10.9 Å². The summed E-state index contributed by atoms with van der Waals surface area (Å²) in [5.74, 6) is 0.932. The molecule has 0 saturated heterocycles. The minimum Gasteiger partial charge on any atom is -0.411 e. The molecule has 1 aromatic heterocycles. The predicted molar refractivity (Wildman–Crippen MR) is 82.4 cm³/mol. The van der Waals surface area contributed by atoms with Crippen LogP contribution in [0.25, 0.3) is 11.0 Å². The Kier molecular flexibility index (Phi) is 3.07. The highest BCUT2D eigenvalue weighted by molar-refractivity contribution is 8.00. The largest absolute Gasteiger partial charge is 0.411 e. The van der Waals surface area contributed by atoms with Crippen LogP contribution in [0.3, 0.4) is 0 Å². The van der Waals surface area contributed by atoms with Gasteiger partial charge in [0, 0.05) is 18.1 Å². The molecule has 3 atom stereocenters. The number of H-pyrrole nitrogens is 1. The quantitative estimate of drug-likeness (QED) is 0.514. The first-order valence-electron chi connectivity index (χ1n) is 7.18. The number of hydrogen-bond donors (Lipinski definition) is 2. The highest BCUT2D eigenvalue weighted by Crippen LogP contribution is 2.49. The minimum absolute atomic E-state index is 0.0465. The lowest BCUT2D eigenvalue weighted by Crippen LogP contribution is -2.25. The number of aromatic amines is 1. The number of rotatable bonds is 3. The number of imidazole rings is 1. The molecule has 2 N–H and O–H groups in total. The molecule has 8 heteroatoms. The van der Waals surface area contributed by atoms with Crippen molar-refractivity contribution < 1.29 is 10.1 Å². The van der Waals surface area contributed by atoms with Gasteiger partial charge in [0.1, 0.15) is 0 Å². The molecule has 0 aliphatic heterocycles. The molecule has 2 saturated carbocycles. The van der Waals surface area contributed by atoms with Crippen molar-refractivity contribution in [2.24, 2.45) is 17.0 Å². The first-order chi connectivity index (χ1) is 10.7. The van der Waals surface area contributed by atoms with E-state index in [1.807, 2.05) is 0 Å². The number of benzene rings is 1. The van der Waals surface area contributed by atoms with Gasteiger partial charge in [-0.15, -0.1) is 0 Å². The number of thioether (sulfide) groups is 1. The van der Waals surface area contributed by atoms with Gasteiger partial charge in [0.2, 0.25) is 0 Å². The summed E-state index contributed by atoms with van der Waals surface area (Å²) in [5, 5.41) is 24.4.